The van der Waals surface area contributed by atoms with E-state index in [1.54, 1.807) is 0 Å². The molecule has 0 rings (SSSR count). The Bertz CT molecular complexity index is 194. The second kappa shape index (κ2) is 19.3. The molecule has 0 aliphatic rings. The van der Waals surface area contributed by atoms with Crippen LogP contribution in [0, 0.1) is 5.92 Å². The summed E-state index contributed by atoms with van der Waals surface area (Å²) >= 11 is 0. The average molecular weight is 334 g/mol. The van der Waals surface area contributed by atoms with Crippen LogP contribution < -0.4 is 0 Å². The van der Waals surface area contributed by atoms with Crippen LogP contribution in [-0.2, 0) is 0 Å². The van der Waals surface area contributed by atoms with Gasteiger partial charge in [-0.25, -0.2) is 0 Å². The molecule has 0 N–H and O–H groups in total. The number of nitrogens with zero attached hydrogens (tertiary/aromatic N) is 1. The van der Waals surface area contributed by atoms with Crippen molar-refractivity contribution < 1.29 is 0 Å². The van der Waals surface area contributed by atoms with Crippen LogP contribution in [0.15, 0.2) is 0 Å². The molecule has 0 bridgehead atoms. The zero-order valence-corrected chi connectivity index (χ0v) is 16.9. The second-order valence-corrected chi connectivity index (χ2v) is 7.22. The fraction of sp³-hybridized carbons (Fsp3) is 1.00. The van der Waals surface area contributed by atoms with Crippen LogP contribution in [0.2, 0.25) is 0 Å². The topological polar surface area (TPSA) is 3.24 Å². The van der Waals surface area contributed by atoms with Crippen LogP contribution in [0.1, 0.15) is 104 Å². The largest absolute Gasteiger partial charge is 0.309 e. The zero-order valence-electron chi connectivity index (χ0n) is 16.0. The van der Waals surface area contributed by atoms with Gasteiger partial charge in [0.25, 0.3) is 0 Å². The van der Waals surface area contributed by atoms with Gasteiger partial charge in [-0.3, -0.25) is 0 Å². The lowest BCUT2D eigenvalue weighted by Gasteiger charge is -2.16. The number of rotatable bonds is 16. The van der Waals surface area contributed by atoms with Crippen molar-refractivity contribution in [2.75, 3.05) is 20.6 Å². The predicted octanol–water partition coefficient (Wildman–Crippen LogP) is 7.09. The van der Waals surface area contributed by atoms with Gasteiger partial charge in [0.1, 0.15) is 0 Å². The monoisotopic (exact) mass is 333 g/mol. The minimum atomic E-state index is 0. The molecular formula is C20H44ClN. The Balaban J connectivity index is 0. The Morgan fingerprint density at radius 2 is 1.09 bits per heavy atom. The lowest BCUT2D eigenvalue weighted by molar-refractivity contribution is 0.365. The van der Waals surface area contributed by atoms with E-state index in [0.29, 0.717) is 0 Å². The second-order valence-electron chi connectivity index (χ2n) is 7.22. The number of unbranched alkanes of at least 4 members (excludes halogenated alkanes) is 8. The molecule has 1 unspecified atom stereocenters. The van der Waals surface area contributed by atoms with Gasteiger partial charge in [0.2, 0.25) is 0 Å². The van der Waals surface area contributed by atoms with Gasteiger partial charge in [-0.1, -0.05) is 97.3 Å². The fourth-order valence-corrected chi connectivity index (χ4v) is 3.27. The minimum Gasteiger partial charge on any atom is -0.309 e. The van der Waals surface area contributed by atoms with Gasteiger partial charge in [-0.15, -0.1) is 12.4 Å². The van der Waals surface area contributed by atoms with Gasteiger partial charge < -0.3 is 4.90 Å². The van der Waals surface area contributed by atoms with E-state index in [-0.39, 0.29) is 12.4 Å². The van der Waals surface area contributed by atoms with Crippen molar-refractivity contribution in [1.29, 1.82) is 0 Å². The summed E-state index contributed by atoms with van der Waals surface area (Å²) in [4.78, 5) is 2.30. The standard InChI is InChI=1S/C20H43N.ClH/c1-5-7-8-9-10-13-17-20(16-6-2)18-14-11-12-15-19-21(3)4;/h20H,5-19H2,1-4H3;1H. The van der Waals surface area contributed by atoms with E-state index >= 15 is 0 Å². The van der Waals surface area contributed by atoms with Gasteiger partial charge in [0, 0.05) is 0 Å². The van der Waals surface area contributed by atoms with Crippen molar-refractivity contribution in [3.05, 3.63) is 0 Å². The highest BCUT2D eigenvalue weighted by atomic mass is 35.5. The Morgan fingerprint density at radius 3 is 1.59 bits per heavy atom. The molecule has 0 aromatic heterocycles. The van der Waals surface area contributed by atoms with Crippen LogP contribution >= 0.6 is 12.4 Å². The summed E-state index contributed by atoms with van der Waals surface area (Å²) < 4.78 is 0. The molecule has 0 heterocycles. The van der Waals surface area contributed by atoms with E-state index in [9.17, 15) is 0 Å². The average Bonchev–Trinajstić information content (AvgIpc) is 2.45. The SMILES string of the molecule is CCCCCCCCC(CCC)CCCCCCN(C)C.Cl. The molecule has 2 heteroatoms. The molecule has 0 radical (unpaired) electrons. The normalized spacial score (nSPS) is 12.4. The maximum absolute atomic E-state index is 2.35. The Hall–Kier alpha value is 0.250. The number of hydrogen-bond donors (Lipinski definition) is 0. The minimum absolute atomic E-state index is 0. The van der Waals surface area contributed by atoms with Crippen LogP contribution in [-0.4, -0.2) is 25.5 Å². The fourth-order valence-electron chi connectivity index (χ4n) is 3.27. The molecule has 136 valence electrons. The van der Waals surface area contributed by atoms with Crippen molar-refractivity contribution in [3.8, 4) is 0 Å². The highest BCUT2D eigenvalue weighted by Gasteiger charge is 2.07. The summed E-state index contributed by atoms with van der Waals surface area (Å²) in [6.07, 6.45) is 20.2. The first-order valence-corrected chi connectivity index (χ1v) is 9.85. The molecule has 1 atom stereocenters. The maximum atomic E-state index is 2.35. The van der Waals surface area contributed by atoms with Gasteiger partial charge in [-0.2, -0.15) is 0 Å². The van der Waals surface area contributed by atoms with Crippen molar-refractivity contribution in [2.45, 2.75) is 104 Å². The molecule has 0 saturated heterocycles. The third-order valence-electron chi connectivity index (χ3n) is 4.63. The number of halogens is 1. The molecule has 0 fully saturated rings. The van der Waals surface area contributed by atoms with E-state index in [1.165, 1.54) is 96.4 Å². The summed E-state index contributed by atoms with van der Waals surface area (Å²) in [6.45, 7) is 5.91. The van der Waals surface area contributed by atoms with Crippen molar-refractivity contribution in [2.24, 2.45) is 5.92 Å². The van der Waals surface area contributed by atoms with Crippen molar-refractivity contribution in [3.63, 3.8) is 0 Å². The van der Waals surface area contributed by atoms with Gasteiger partial charge in [0.15, 0.2) is 0 Å². The van der Waals surface area contributed by atoms with E-state index in [4.69, 9.17) is 0 Å². The Morgan fingerprint density at radius 1 is 0.591 bits per heavy atom. The van der Waals surface area contributed by atoms with Gasteiger partial charge >= 0.3 is 0 Å². The first-order chi connectivity index (χ1) is 10.2. The van der Waals surface area contributed by atoms with Crippen molar-refractivity contribution in [1.82, 2.24) is 4.90 Å². The Kier molecular flexibility index (Phi) is 21.5. The smallest absolute Gasteiger partial charge is 0.00248 e. The van der Waals surface area contributed by atoms with Gasteiger partial charge in [0.05, 0.1) is 0 Å². The molecule has 0 aliphatic heterocycles. The molecule has 0 aliphatic carbocycles. The summed E-state index contributed by atoms with van der Waals surface area (Å²) in [5.41, 5.74) is 0. The van der Waals surface area contributed by atoms with Crippen LogP contribution in [0.3, 0.4) is 0 Å². The first kappa shape index (κ1) is 24.5. The van der Waals surface area contributed by atoms with Crippen LogP contribution in [0.25, 0.3) is 0 Å². The van der Waals surface area contributed by atoms with E-state index in [0.717, 1.165) is 5.92 Å². The summed E-state index contributed by atoms with van der Waals surface area (Å²) in [7, 11) is 4.36. The summed E-state index contributed by atoms with van der Waals surface area (Å²) in [5.74, 6) is 1.02. The third kappa shape index (κ3) is 18.3. The summed E-state index contributed by atoms with van der Waals surface area (Å²) in [5, 5.41) is 0. The van der Waals surface area contributed by atoms with E-state index in [2.05, 4.69) is 32.8 Å². The highest BCUT2D eigenvalue weighted by molar-refractivity contribution is 5.85. The maximum Gasteiger partial charge on any atom is -0.00248 e. The van der Waals surface area contributed by atoms with Crippen molar-refractivity contribution >= 4 is 12.4 Å². The quantitative estimate of drug-likeness (QED) is 0.272. The molecule has 22 heavy (non-hydrogen) atoms. The Labute approximate surface area is 148 Å². The molecule has 0 aromatic rings. The number of hydrogen-bond acceptors (Lipinski definition) is 1. The zero-order chi connectivity index (χ0) is 15.8. The third-order valence-corrected chi connectivity index (χ3v) is 4.63. The van der Waals surface area contributed by atoms with E-state index < -0.39 is 0 Å². The molecule has 0 saturated carbocycles. The first-order valence-electron chi connectivity index (χ1n) is 9.85. The van der Waals surface area contributed by atoms with Gasteiger partial charge in [-0.05, 0) is 33.0 Å². The molecule has 0 aromatic carbocycles. The summed E-state index contributed by atoms with van der Waals surface area (Å²) in [6, 6.07) is 0. The lowest BCUT2D eigenvalue weighted by atomic mass is 9.91. The predicted molar refractivity (Wildman–Crippen MR) is 105 cm³/mol. The van der Waals surface area contributed by atoms with Crippen LogP contribution in [0.5, 0.6) is 0 Å². The molecule has 0 amide bonds. The molecular weight excluding hydrogens is 290 g/mol. The van der Waals surface area contributed by atoms with Crippen LogP contribution in [0.4, 0.5) is 0 Å². The molecule has 1 nitrogen and oxygen atoms in total. The molecule has 0 spiro atoms. The highest BCUT2D eigenvalue weighted by Crippen LogP contribution is 2.22. The van der Waals surface area contributed by atoms with E-state index in [1.807, 2.05) is 0 Å². The lowest BCUT2D eigenvalue weighted by Crippen LogP contribution is -2.12.